The Labute approximate surface area is 240 Å². The zero-order chi connectivity index (χ0) is 29.7. The topological polar surface area (TPSA) is 132 Å². The number of rotatable bonds is 9. The number of sulfone groups is 1. The lowest BCUT2D eigenvalue weighted by atomic mass is 10.1. The van der Waals surface area contributed by atoms with Crippen LogP contribution in [0.1, 0.15) is 52.0 Å². The van der Waals surface area contributed by atoms with Crippen LogP contribution in [0.4, 0.5) is 4.79 Å². The van der Waals surface area contributed by atoms with E-state index in [1.165, 1.54) is 4.90 Å². The number of hydrogen-bond acceptors (Lipinski definition) is 8. The minimum Gasteiger partial charge on any atom is -0.472 e. The van der Waals surface area contributed by atoms with Crippen molar-refractivity contribution >= 4 is 38.4 Å². The Hall–Kier alpha value is -3.47. The molecule has 0 bridgehead atoms. The fraction of sp³-hybridized carbons (Fsp3) is 0.533. The van der Waals surface area contributed by atoms with Crippen molar-refractivity contribution in [1.29, 1.82) is 0 Å². The summed E-state index contributed by atoms with van der Waals surface area (Å²) < 4.78 is 37.0. The Bertz CT molecular complexity index is 1510. The third kappa shape index (κ3) is 6.10. The lowest BCUT2D eigenvalue weighted by Crippen LogP contribution is -2.54. The van der Waals surface area contributed by atoms with E-state index >= 15 is 0 Å². The van der Waals surface area contributed by atoms with Crippen molar-refractivity contribution in [3.8, 4) is 5.88 Å². The monoisotopic (exact) mass is 583 g/mol. The van der Waals surface area contributed by atoms with Crippen molar-refractivity contribution in [2.75, 3.05) is 12.3 Å². The molecule has 1 aliphatic heterocycles. The predicted octanol–water partition coefficient (Wildman–Crippen LogP) is 3.51. The summed E-state index contributed by atoms with van der Waals surface area (Å²) in [4.78, 5) is 46.0. The van der Waals surface area contributed by atoms with E-state index in [-0.39, 0.29) is 25.3 Å². The number of ether oxygens (including phenoxy) is 2. The molecule has 2 saturated carbocycles. The van der Waals surface area contributed by atoms with Gasteiger partial charge in [-0.2, -0.15) is 0 Å². The van der Waals surface area contributed by atoms with Crippen LogP contribution in [0, 0.1) is 12.8 Å². The highest BCUT2D eigenvalue weighted by Gasteiger charge is 2.61. The predicted molar refractivity (Wildman–Crippen MR) is 153 cm³/mol. The van der Waals surface area contributed by atoms with Crippen LogP contribution in [-0.4, -0.2) is 76.9 Å². The molecule has 5 rings (SSSR count). The summed E-state index contributed by atoms with van der Waals surface area (Å²) in [5.41, 5.74) is -1.12. The van der Waals surface area contributed by atoms with Gasteiger partial charge in [-0.15, -0.1) is 6.58 Å². The van der Waals surface area contributed by atoms with Crippen LogP contribution in [0.15, 0.2) is 43.1 Å². The second-order valence-corrected chi connectivity index (χ2v) is 14.7. The van der Waals surface area contributed by atoms with Gasteiger partial charge in [-0.05, 0) is 64.5 Å². The molecule has 3 aliphatic rings. The van der Waals surface area contributed by atoms with Gasteiger partial charge in [-0.3, -0.25) is 14.5 Å². The van der Waals surface area contributed by atoms with E-state index in [4.69, 9.17) is 9.47 Å². The summed E-state index contributed by atoms with van der Waals surface area (Å²) in [5, 5.41) is 4.10. The molecule has 3 fully saturated rings. The summed E-state index contributed by atoms with van der Waals surface area (Å²) in [5.74, 6) is -1.73. The SMILES string of the molecule is C=C[C@@H]1C[C@]1(NC(=O)C1C[C@@H](Oc2nccc3ccc(C)cc23)CN1C(=O)OC(C)(C)C)C(=O)CS(=O)(=O)C1CC1. The largest absolute Gasteiger partial charge is 0.472 e. The molecule has 2 heterocycles. The molecular formula is C30H37N3O7S. The third-order valence-corrected chi connectivity index (χ3v) is 10.0. The number of nitrogens with zero attached hydrogens (tertiary/aromatic N) is 2. The van der Waals surface area contributed by atoms with Gasteiger partial charge in [0.2, 0.25) is 11.8 Å². The smallest absolute Gasteiger partial charge is 0.411 e. The third-order valence-electron chi connectivity index (χ3n) is 7.86. The van der Waals surface area contributed by atoms with Gasteiger partial charge in [0.05, 0.1) is 11.8 Å². The summed E-state index contributed by atoms with van der Waals surface area (Å²) >= 11 is 0. The van der Waals surface area contributed by atoms with Crippen molar-refractivity contribution in [3.63, 3.8) is 0 Å². The number of carbonyl (C=O) groups is 3. The first-order valence-corrected chi connectivity index (χ1v) is 15.6. The molecule has 0 spiro atoms. The Morgan fingerprint density at radius 3 is 2.59 bits per heavy atom. The Balaban J connectivity index is 1.38. The van der Waals surface area contributed by atoms with Crippen LogP contribution in [0.3, 0.4) is 0 Å². The van der Waals surface area contributed by atoms with Gasteiger partial charge in [0.1, 0.15) is 29.0 Å². The second-order valence-electron chi connectivity index (χ2n) is 12.4. The van der Waals surface area contributed by atoms with Crippen LogP contribution in [0.25, 0.3) is 10.8 Å². The average molecular weight is 584 g/mol. The van der Waals surface area contributed by atoms with E-state index in [9.17, 15) is 22.8 Å². The minimum atomic E-state index is -3.57. The summed E-state index contributed by atoms with van der Waals surface area (Å²) in [6.07, 6.45) is 3.45. The van der Waals surface area contributed by atoms with Gasteiger partial charge < -0.3 is 14.8 Å². The molecule has 0 radical (unpaired) electrons. The molecule has 1 unspecified atom stereocenters. The number of ketones is 1. The van der Waals surface area contributed by atoms with Crippen LogP contribution in [0.5, 0.6) is 5.88 Å². The number of nitrogens with one attached hydrogen (secondary N) is 1. The molecule has 1 aromatic heterocycles. The number of aryl methyl sites for hydroxylation is 1. The highest BCUT2D eigenvalue weighted by molar-refractivity contribution is 7.93. The van der Waals surface area contributed by atoms with Crippen molar-refractivity contribution in [3.05, 3.63) is 48.7 Å². The fourth-order valence-electron chi connectivity index (χ4n) is 5.43. The average Bonchev–Trinajstić information content (AvgIpc) is 3.80. The molecule has 220 valence electrons. The maximum Gasteiger partial charge on any atom is 0.411 e. The second kappa shape index (κ2) is 10.4. The van der Waals surface area contributed by atoms with E-state index in [1.54, 1.807) is 33.0 Å². The highest BCUT2D eigenvalue weighted by atomic mass is 32.2. The molecule has 1 N–H and O–H groups in total. The number of carbonyl (C=O) groups excluding carboxylic acids is 3. The molecule has 4 atom stereocenters. The van der Waals surface area contributed by atoms with Crippen LogP contribution in [-0.2, 0) is 24.2 Å². The van der Waals surface area contributed by atoms with E-state index in [0.717, 1.165) is 16.3 Å². The molecule has 11 heteroatoms. The molecule has 2 aromatic rings. The number of hydrogen-bond donors (Lipinski definition) is 1. The maximum absolute atomic E-state index is 13.7. The van der Waals surface area contributed by atoms with Crippen LogP contribution < -0.4 is 10.1 Å². The summed E-state index contributed by atoms with van der Waals surface area (Å²) in [7, 11) is -3.57. The van der Waals surface area contributed by atoms with E-state index < -0.39 is 61.9 Å². The first-order chi connectivity index (χ1) is 19.2. The van der Waals surface area contributed by atoms with Crippen molar-refractivity contribution in [2.24, 2.45) is 5.92 Å². The highest BCUT2D eigenvalue weighted by Crippen LogP contribution is 2.46. The molecule has 2 amide bonds. The van der Waals surface area contributed by atoms with Gasteiger partial charge in [0.15, 0.2) is 15.6 Å². The van der Waals surface area contributed by atoms with Crippen molar-refractivity contribution in [1.82, 2.24) is 15.2 Å². The van der Waals surface area contributed by atoms with E-state index in [0.29, 0.717) is 18.7 Å². The van der Waals surface area contributed by atoms with Crippen LogP contribution >= 0.6 is 0 Å². The lowest BCUT2D eigenvalue weighted by Gasteiger charge is -2.29. The number of pyridine rings is 1. The zero-order valence-corrected chi connectivity index (χ0v) is 24.7. The molecule has 10 nitrogen and oxygen atoms in total. The molecule has 1 saturated heterocycles. The first-order valence-electron chi connectivity index (χ1n) is 13.9. The van der Waals surface area contributed by atoms with Crippen molar-refractivity contribution in [2.45, 2.75) is 81.9 Å². The number of amides is 2. The Kier molecular flexibility index (Phi) is 7.38. The Morgan fingerprint density at radius 1 is 1.22 bits per heavy atom. The number of aromatic nitrogens is 1. The summed E-state index contributed by atoms with van der Waals surface area (Å²) in [6.45, 7) is 11.0. The van der Waals surface area contributed by atoms with E-state index in [1.807, 2.05) is 31.2 Å². The zero-order valence-electron chi connectivity index (χ0n) is 23.9. The van der Waals surface area contributed by atoms with Crippen molar-refractivity contribution < 1.29 is 32.3 Å². The van der Waals surface area contributed by atoms with Gasteiger partial charge in [0, 0.05) is 23.9 Å². The summed E-state index contributed by atoms with van der Waals surface area (Å²) in [6, 6.07) is 6.82. The number of benzene rings is 1. The molecular weight excluding hydrogens is 546 g/mol. The lowest BCUT2D eigenvalue weighted by molar-refractivity contribution is -0.130. The standard InChI is InChI=1S/C30H37N3O7S/c1-6-20-15-30(20,25(34)17-41(37,38)22-9-10-22)32-26(35)24-14-21(16-33(24)28(36)40-29(3,4)5)39-27-23-13-18(2)7-8-19(23)11-12-31-27/h6-8,11-13,20-22,24H,1,9-10,14-17H2,2-5H3,(H,32,35)/t20-,21-,24?,30-/m1/s1. The van der Waals surface area contributed by atoms with E-state index in [2.05, 4.69) is 16.9 Å². The minimum absolute atomic E-state index is 0.0682. The number of fused-ring (bicyclic) bond motifs is 1. The molecule has 41 heavy (non-hydrogen) atoms. The number of Topliss-reactive ketones (excluding diaryl/α,β-unsaturated/α-hetero) is 1. The van der Waals surface area contributed by atoms with Gasteiger partial charge in [-0.1, -0.05) is 23.8 Å². The quantitative estimate of drug-likeness (QED) is 0.444. The molecule has 2 aliphatic carbocycles. The van der Waals surface area contributed by atoms with Gasteiger partial charge >= 0.3 is 6.09 Å². The number of likely N-dealkylation sites (tertiary alicyclic amines) is 1. The normalized spacial score (nSPS) is 26.0. The molecule has 1 aromatic carbocycles. The van der Waals surface area contributed by atoms with Gasteiger partial charge in [-0.25, -0.2) is 18.2 Å². The Morgan fingerprint density at radius 2 is 1.95 bits per heavy atom. The fourth-order valence-corrected chi connectivity index (χ4v) is 7.14. The van der Waals surface area contributed by atoms with Gasteiger partial charge in [0.25, 0.3) is 0 Å². The van der Waals surface area contributed by atoms with Crippen LogP contribution in [0.2, 0.25) is 0 Å². The maximum atomic E-state index is 13.7. The first kappa shape index (κ1) is 29.0.